The van der Waals surface area contributed by atoms with Crippen LogP contribution in [0, 0.1) is 3.57 Å². The Bertz CT molecular complexity index is 490. The Morgan fingerprint density at radius 3 is 2.56 bits per heavy atom. The summed E-state index contributed by atoms with van der Waals surface area (Å²) in [4.78, 5) is 0. The Kier molecular flexibility index (Phi) is 4.77. The van der Waals surface area contributed by atoms with Crippen LogP contribution >= 0.6 is 22.6 Å². The molecule has 96 valence electrons. The topological polar surface area (TPSA) is 29.9 Å². The van der Waals surface area contributed by atoms with Crippen molar-refractivity contribution in [2.45, 2.75) is 19.4 Å². The van der Waals surface area contributed by atoms with Gasteiger partial charge in [-0.1, -0.05) is 19.1 Å². The molecule has 0 saturated carbocycles. The van der Waals surface area contributed by atoms with E-state index in [4.69, 9.17) is 0 Å². The van der Waals surface area contributed by atoms with Crippen molar-refractivity contribution in [2.24, 2.45) is 7.05 Å². The summed E-state index contributed by atoms with van der Waals surface area (Å²) in [7, 11) is 1.95. The highest BCUT2D eigenvalue weighted by molar-refractivity contribution is 14.1. The predicted molar refractivity (Wildman–Crippen MR) is 82.5 cm³/mol. The third-order valence-corrected chi connectivity index (χ3v) is 3.62. The maximum atomic E-state index is 4.45. The van der Waals surface area contributed by atoms with Crippen molar-refractivity contribution >= 4 is 22.6 Å². The fourth-order valence-corrected chi connectivity index (χ4v) is 2.39. The van der Waals surface area contributed by atoms with E-state index >= 15 is 0 Å². The largest absolute Gasteiger partial charge is 0.310 e. The second-order valence-corrected chi connectivity index (χ2v) is 5.59. The molecule has 18 heavy (non-hydrogen) atoms. The number of nitrogens with one attached hydrogen (secondary N) is 1. The van der Waals surface area contributed by atoms with E-state index < -0.39 is 0 Å². The summed E-state index contributed by atoms with van der Waals surface area (Å²) in [6.07, 6.45) is 2.92. The molecule has 3 nitrogen and oxygen atoms in total. The molecule has 0 amide bonds. The van der Waals surface area contributed by atoms with Crippen molar-refractivity contribution in [1.29, 1.82) is 0 Å². The molecule has 1 N–H and O–H groups in total. The molecule has 0 spiro atoms. The maximum Gasteiger partial charge on any atom is 0.0643 e. The number of aromatic nitrogens is 2. The van der Waals surface area contributed by atoms with Gasteiger partial charge in [0.1, 0.15) is 0 Å². The molecule has 0 aliphatic heterocycles. The molecule has 1 atom stereocenters. The zero-order chi connectivity index (χ0) is 13.0. The first-order chi connectivity index (χ1) is 8.69. The molecular formula is C14H18IN3. The minimum atomic E-state index is 0.335. The zero-order valence-electron chi connectivity index (χ0n) is 10.7. The van der Waals surface area contributed by atoms with E-state index in [1.54, 1.807) is 0 Å². The monoisotopic (exact) mass is 355 g/mol. The van der Waals surface area contributed by atoms with Crippen molar-refractivity contribution < 1.29 is 0 Å². The van der Waals surface area contributed by atoms with Gasteiger partial charge in [-0.15, -0.1) is 0 Å². The van der Waals surface area contributed by atoms with Gasteiger partial charge >= 0.3 is 0 Å². The third kappa shape index (κ3) is 3.55. The molecule has 0 radical (unpaired) electrons. The van der Waals surface area contributed by atoms with Crippen LogP contribution in [0.5, 0.6) is 0 Å². The van der Waals surface area contributed by atoms with Crippen LogP contribution in [0.2, 0.25) is 0 Å². The second kappa shape index (κ2) is 6.33. The number of likely N-dealkylation sites (N-methyl/N-ethyl adjacent to an activating group) is 1. The summed E-state index contributed by atoms with van der Waals surface area (Å²) >= 11 is 2.33. The number of hydrogen-bond donors (Lipinski definition) is 1. The average molecular weight is 355 g/mol. The van der Waals surface area contributed by atoms with Gasteiger partial charge in [0.25, 0.3) is 0 Å². The van der Waals surface area contributed by atoms with Gasteiger partial charge in [0.2, 0.25) is 0 Å². The van der Waals surface area contributed by atoms with E-state index in [9.17, 15) is 0 Å². The summed E-state index contributed by atoms with van der Waals surface area (Å²) in [5.41, 5.74) is 2.45. The summed E-state index contributed by atoms with van der Waals surface area (Å²) < 4.78 is 3.12. The molecule has 0 aliphatic rings. The highest BCUT2D eigenvalue weighted by atomic mass is 127. The number of halogens is 1. The van der Waals surface area contributed by atoms with Gasteiger partial charge < -0.3 is 5.32 Å². The normalized spacial score (nSPS) is 12.6. The van der Waals surface area contributed by atoms with Crippen molar-refractivity contribution in [1.82, 2.24) is 15.1 Å². The van der Waals surface area contributed by atoms with Gasteiger partial charge in [0.05, 0.1) is 5.69 Å². The van der Waals surface area contributed by atoms with E-state index in [-0.39, 0.29) is 0 Å². The standard InChI is InChI=1S/C14H18IN3/c1-3-16-14(10-13-8-9-18(2)17-13)11-4-6-12(15)7-5-11/h4-9,14,16H,3,10H2,1-2H3. The van der Waals surface area contributed by atoms with Crippen LogP contribution in [0.25, 0.3) is 0 Å². The van der Waals surface area contributed by atoms with E-state index in [1.165, 1.54) is 9.13 Å². The van der Waals surface area contributed by atoms with Crippen LogP contribution in [0.3, 0.4) is 0 Å². The first kappa shape index (κ1) is 13.5. The van der Waals surface area contributed by atoms with E-state index in [0.717, 1.165) is 18.7 Å². The smallest absolute Gasteiger partial charge is 0.0643 e. The molecule has 1 unspecified atom stereocenters. The van der Waals surface area contributed by atoms with Crippen LogP contribution < -0.4 is 5.32 Å². The Hall–Kier alpha value is -0.880. The number of hydrogen-bond acceptors (Lipinski definition) is 2. The summed E-state index contributed by atoms with van der Waals surface area (Å²) in [6, 6.07) is 11.1. The van der Waals surface area contributed by atoms with Gasteiger partial charge in [-0.2, -0.15) is 5.10 Å². The molecular weight excluding hydrogens is 337 g/mol. The summed E-state index contributed by atoms with van der Waals surface area (Å²) in [5.74, 6) is 0. The van der Waals surface area contributed by atoms with Crippen LogP contribution in [0.4, 0.5) is 0 Å². The van der Waals surface area contributed by atoms with E-state index in [0.29, 0.717) is 6.04 Å². The minimum Gasteiger partial charge on any atom is -0.310 e. The van der Waals surface area contributed by atoms with Crippen molar-refractivity contribution in [3.63, 3.8) is 0 Å². The quantitative estimate of drug-likeness (QED) is 0.836. The van der Waals surface area contributed by atoms with Crippen LogP contribution in [-0.4, -0.2) is 16.3 Å². The molecule has 2 aromatic rings. The van der Waals surface area contributed by atoms with Crippen LogP contribution in [-0.2, 0) is 13.5 Å². The third-order valence-electron chi connectivity index (χ3n) is 2.91. The Morgan fingerprint density at radius 1 is 1.28 bits per heavy atom. The van der Waals surface area contributed by atoms with Crippen LogP contribution in [0.15, 0.2) is 36.5 Å². The van der Waals surface area contributed by atoms with Gasteiger partial charge in [0, 0.05) is 29.3 Å². The lowest BCUT2D eigenvalue weighted by Gasteiger charge is -2.17. The molecule has 0 fully saturated rings. The molecule has 2 rings (SSSR count). The van der Waals surface area contributed by atoms with Gasteiger partial charge in [-0.3, -0.25) is 4.68 Å². The number of rotatable bonds is 5. The highest BCUT2D eigenvalue weighted by Crippen LogP contribution is 2.18. The molecule has 0 aliphatic carbocycles. The lowest BCUT2D eigenvalue weighted by molar-refractivity contribution is 0.539. The van der Waals surface area contributed by atoms with Crippen molar-refractivity contribution in [3.05, 3.63) is 51.4 Å². The fourth-order valence-electron chi connectivity index (χ4n) is 2.03. The first-order valence-corrected chi connectivity index (χ1v) is 7.24. The minimum absolute atomic E-state index is 0.335. The lowest BCUT2D eigenvalue weighted by atomic mass is 10.0. The molecule has 0 bridgehead atoms. The zero-order valence-corrected chi connectivity index (χ0v) is 12.9. The molecule has 1 aromatic carbocycles. The fraction of sp³-hybridized carbons (Fsp3) is 0.357. The Balaban J connectivity index is 2.14. The average Bonchev–Trinajstić information content (AvgIpc) is 2.75. The SMILES string of the molecule is CCNC(Cc1ccn(C)n1)c1ccc(I)cc1. The first-order valence-electron chi connectivity index (χ1n) is 6.16. The number of nitrogens with zero attached hydrogens (tertiary/aromatic N) is 2. The highest BCUT2D eigenvalue weighted by Gasteiger charge is 2.12. The van der Waals surface area contributed by atoms with Crippen LogP contribution in [0.1, 0.15) is 24.2 Å². The van der Waals surface area contributed by atoms with Gasteiger partial charge in [0.15, 0.2) is 0 Å². The summed E-state index contributed by atoms with van der Waals surface area (Å²) in [6.45, 7) is 3.10. The Labute approximate surface area is 122 Å². The molecule has 4 heteroatoms. The van der Waals surface area contributed by atoms with Crippen molar-refractivity contribution in [2.75, 3.05) is 6.54 Å². The maximum absolute atomic E-state index is 4.45. The van der Waals surface area contributed by atoms with E-state index in [1.807, 2.05) is 17.9 Å². The molecule has 0 saturated heterocycles. The number of aryl methyl sites for hydroxylation is 1. The number of benzene rings is 1. The summed E-state index contributed by atoms with van der Waals surface area (Å²) in [5, 5.41) is 7.98. The van der Waals surface area contributed by atoms with Gasteiger partial charge in [-0.05, 0) is 52.9 Å². The molecule has 1 heterocycles. The van der Waals surface area contributed by atoms with E-state index in [2.05, 4.69) is 70.3 Å². The van der Waals surface area contributed by atoms with Crippen molar-refractivity contribution in [3.8, 4) is 0 Å². The Morgan fingerprint density at radius 2 is 2.00 bits per heavy atom. The molecule has 1 aromatic heterocycles. The lowest BCUT2D eigenvalue weighted by Crippen LogP contribution is -2.23. The van der Waals surface area contributed by atoms with Gasteiger partial charge in [-0.25, -0.2) is 0 Å². The predicted octanol–water partition coefficient (Wildman–Crippen LogP) is 2.92. The second-order valence-electron chi connectivity index (χ2n) is 4.35.